The molecule has 2 heterocycles. The Labute approximate surface area is 189 Å². The number of benzene rings is 3. The van der Waals surface area contributed by atoms with Crippen molar-refractivity contribution in [2.45, 2.75) is 30.8 Å². The van der Waals surface area contributed by atoms with Crippen LogP contribution in [0.25, 0.3) is 21.7 Å². The van der Waals surface area contributed by atoms with Crippen LogP contribution < -0.4 is 5.32 Å². The van der Waals surface area contributed by atoms with E-state index in [-0.39, 0.29) is 11.2 Å². The quantitative estimate of drug-likeness (QED) is 0.434. The Bertz CT molecular complexity index is 1320. The number of anilines is 1. The first kappa shape index (κ1) is 20.9. The lowest BCUT2D eigenvalue weighted by molar-refractivity contribution is 0.0991. The SMILES string of the molecule is Cc1c(C(=O)Nc2cccc(CS(=O)C3CCOCC3)c2)oc2c1ccc1ccccc12. The molecule has 0 spiro atoms. The van der Waals surface area contributed by atoms with Gasteiger partial charge in [0.15, 0.2) is 5.76 Å². The van der Waals surface area contributed by atoms with Gasteiger partial charge in [-0.3, -0.25) is 9.00 Å². The Balaban J connectivity index is 1.36. The molecule has 1 atom stereocenters. The molecule has 0 saturated carbocycles. The molecule has 5 nitrogen and oxygen atoms in total. The van der Waals surface area contributed by atoms with Crippen LogP contribution in [0.1, 0.15) is 34.5 Å². The van der Waals surface area contributed by atoms with Gasteiger partial charge in [0.1, 0.15) is 5.58 Å². The number of hydrogen-bond donors (Lipinski definition) is 1. The van der Waals surface area contributed by atoms with E-state index in [0.29, 0.717) is 30.4 Å². The molecule has 1 aromatic heterocycles. The molecule has 32 heavy (non-hydrogen) atoms. The molecule has 1 amide bonds. The van der Waals surface area contributed by atoms with Gasteiger partial charge in [0.05, 0.1) is 0 Å². The van der Waals surface area contributed by atoms with Gasteiger partial charge < -0.3 is 14.5 Å². The van der Waals surface area contributed by atoms with E-state index < -0.39 is 10.8 Å². The summed E-state index contributed by atoms with van der Waals surface area (Å²) >= 11 is 0. The molecule has 1 unspecified atom stereocenters. The second-order valence-corrected chi connectivity index (χ2v) is 9.93. The van der Waals surface area contributed by atoms with E-state index in [1.165, 1.54) is 0 Å². The maximum atomic E-state index is 13.0. The van der Waals surface area contributed by atoms with Gasteiger partial charge in [-0.05, 0) is 42.8 Å². The highest BCUT2D eigenvalue weighted by molar-refractivity contribution is 7.84. The fourth-order valence-corrected chi connectivity index (χ4v) is 5.78. The number of fused-ring (bicyclic) bond motifs is 3. The maximum Gasteiger partial charge on any atom is 0.291 e. The number of furan rings is 1. The standard InChI is InChI=1S/C26H25NO4S/c1-17-22-10-9-19-6-2-3-8-23(19)25(22)31-24(17)26(28)27-20-7-4-5-18(15-20)16-32(29)21-11-13-30-14-12-21/h2-10,15,21H,11-14,16H2,1H3,(H,27,28). The lowest BCUT2D eigenvalue weighted by Gasteiger charge is -2.21. The first-order valence-electron chi connectivity index (χ1n) is 10.9. The van der Waals surface area contributed by atoms with E-state index in [0.717, 1.165) is 45.7 Å². The first-order chi connectivity index (χ1) is 15.6. The van der Waals surface area contributed by atoms with Gasteiger partial charge in [-0.15, -0.1) is 0 Å². The zero-order chi connectivity index (χ0) is 22.1. The molecule has 1 aliphatic heterocycles. The van der Waals surface area contributed by atoms with E-state index in [1.807, 2.05) is 67.6 Å². The van der Waals surface area contributed by atoms with Crippen LogP contribution in [-0.4, -0.2) is 28.6 Å². The van der Waals surface area contributed by atoms with E-state index >= 15 is 0 Å². The summed E-state index contributed by atoms with van der Waals surface area (Å²) in [5.41, 5.74) is 3.16. The average Bonchev–Trinajstić information content (AvgIpc) is 3.17. The molecule has 5 rings (SSSR count). The predicted molar refractivity (Wildman–Crippen MR) is 129 cm³/mol. The van der Waals surface area contributed by atoms with Crippen molar-refractivity contribution in [2.24, 2.45) is 0 Å². The molecule has 0 bridgehead atoms. The van der Waals surface area contributed by atoms with Gasteiger partial charge in [0.25, 0.3) is 5.91 Å². The minimum Gasteiger partial charge on any atom is -0.450 e. The van der Waals surface area contributed by atoms with Gasteiger partial charge in [0, 0.05) is 57.0 Å². The third-order valence-electron chi connectivity index (χ3n) is 6.07. The number of ether oxygens (including phenoxy) is 1. The maximum absolute atomic E-state index is 13.0. The summed E-state index contributed by atoms with van der Waals surface area (Å²) in [6.45, 7) is 3.26. The van der Waals surface area contributed by atoms with E-state index in [9.17, 15) is 9.00 Å². The third-order valence-corrected chi connectivity index (χ3v) is 7.90. The molecule has 1 aliphatic rings. The Morgan fingerprint density at radius 3 is 2.69 bits per heavy atom. The van der Waals surface area contributed by atoms with Gasteiger partial charge in [0.2, 0.25) is 0 Å². The fourth-order valence-electron chi connectivity index (χ4n) is 4.31. The number of aryl methyl sites for hydroxylation is 1. The van der Waals surface area contributed by atoms with Crippen LogP contribution >= 0.6 is 0 Å². The number of amides is 1. The average molecular weight is 448 g/mol. The highest BCUT2D eigenvalue weighted by Gasteiger charge is 2.21. The van der Waals surface area contributed by atoms with Crippen LogP contribution in [0.4, 0.5) is 5.69 Å². The summed E-state index contributed by atoms with van der Waals surface area (Å²) in [7, 11) is -0.953. The van der Waals surface area contributed by atoms with Gasteiger partial charge in [-0.2, -0.15) is 0 Å². The Hall–Kier alpha value is -2.96. The number of hydrogen-bond acceptors (Lipinski definition) is 4. The van der Waals surface area contributed by atoms with Gasteiger partial charge in [-0.25, -0.2) is 0 Å². The molecule has 3 aromatic carbocycles. The molecule has 164 valence electrons. The van der Waals surface area contributed by atoms with E-state index in [4.69, 9.17) is 9.15 Å². The van der Waals surface area contributed by atoms with Crippen molar-refractivity contribution >= 4 is 44.1 Å². The second-order valence-electron chi connectivity index (χ2n) is 8.21. The molecule has 1 saturated heterocycles. The van der Waals surface area contributed by atoms with E-state index in [1.54, 1.807) is 0 Å². The van der Waals surface area contributed by atoms with Gasteiger partial charge in [-0.1, -0.05) is 48.5 Å². The van der Waals surface area contributed by atoms with Crippen LogP contribution in [-0.2, 0) is 21.3 Å². The second kappa shape index (κ2) is 8.88. The number of nitrogens with one attached hydrogen (secondary N) is 1. The Morgan fingerprint density at radius 1 is 1.03 bits per heavy atom. The van der Waals surface area contributed by atoms with Crippen LogP contribution in [0.2, 0.25) is 0 Å². The molecule has 4 aromatic rings. The molecular weight excluding hydrogens is 422 g/mol. The van der Waals surface area contributed by atoms with Crippen LogP contribution in [0.15, 0.2) is 65.1 Å². The summed E-state index contributed by atoms with van der Waals surface area (Å²) in [6.07, 6.45) is 1.67. The van der Waals surface area contributed by atoms with Crippen molar-refractivity contribution < 1.29 is 18.2 Å². The summed E-state index contributed by atoms with van der Waals surface area (Å²) < 4.78 is 24.1. The lowest BCUT2D eigenvalue weighted by Crippen LogP contribution is -2.25. The van der Waals surface area contributed by atoms with Crippen LogP contribution in [0.3, 0.4) is 0 Å². The minimum absolute atomic E-state index is 0.176. The molecule has 1 fully saturated rings. The van der Waals surface area contributed by atoms with Crippen LogP contribution in [0.5, 0.6) is 0 Å². The largest absolute Gasteiger partial charge is 0.450 e. The monoisotopic (exact) mass is 447 g/mol. The van der Waals surface area contributed by atoms with Crippen molar-refractivity contribution in [1.29, 1.82) is 0 Å². The topological polar surface area (TPSA) is 68.5 Å². The molecular formula is C26H25NO4S. The van der Waals surface area contributed by atoms with Crippen molar-refractivity contribution in [2.75, 3.05) is 18.5 Å². The first-order valence-corrected chi connectivity index (χ1v) is 12.2. The van der Waals surface area contributed by atoms with Crippen molar-refractivity contribution in [3.63, 3.8) is 0 Å². The normalized spacial score (nSPS) is 15.8. The van der Waals surface area contributed by atoms with Crippen molar-refractivity contribution in [3.05, 3.63) is 77.6 Å². The highest BCUT2D eigenvalue weighted by Crippen LogP contribution is 2.32. The lowest BCUT2D eigenvalue weighted by atomic mass is 10.1. The van der Waals surface area contributed by atoms with Crippen molar-refractivity contribution in [3.8, 4) is 0 Å². The number of carbonyl (C=O) groups is 1. The zero-order valence-electron chi connectivity index (χ0n) is 17.9. The predicted octanol–water partition coefficient (Wildman–Crippen LogP) is 5.57. The Morgan fingerprint density at radius 2 is 1.84 bits per heavy atom. The molecule has 0 aliphatic carbocycles. The summed E-state index contributed by atoms with van der Waals surface area (Å²) in [6, 6.07) is 19.6. The summed E-state index contributed by atoms with van der Waals surface area (Å²) in [5, 5.41) is 6.13. The molecule has 0 radical (unpaired) electrons. The van der Waals surface area contributed by atoms with Gasteiger partial charge >= 0.3 is 0 Å². The number of carbonyl (C=O) groups excluding carboxylic acids is 1. The van der Waals surface area contributed by atoms with Crippen LogP contribution in [0, 0.1) is 6.92 Å². The zero-order valence-corrected chi connectivity index (χ0v) is 18.7. The number of rotatable bonds is 5. The Kier molecular flexibility index (Phi) is 5.81. The highest BCUT2D eigenvalue weighted by atomic mass is 32.2. The minimum atomic E-state index is -0.953. The summed E-state index contributed by atoms with van der Waals surface area (Å²) in [4.78, 5) is 13.0. The third kappa shape index (κ3) is 4.08. The molecule has 1 N–H and O–H groups in total. The van der Waals surface area contributed by atoms with E-state index in [2.05, 4.69) is 5.32 Å². The smallest absolute Gasteiger partial charge is 0.291 e. The molecule has 6 heteroatoms. The summed E-state index contributed by atoms with van der Waals surface area (Å²) in [5.74, 6) is 0.502. The van der Waals surface area contributed by atoms with Crippen molar-refractivity contribution in [1.82, 2.24) is 0 Å². The fraction of sp³-hybridized carbons (Fsp3) is 0.269.